The first kappa shape index (κ1) is 11.0. The molecular formula is C13H13N3O2. The number of aliphatic hydroxyl groups is 1. The minimum absolute atomic E-state index is 0.449. The summed E-state index contributed by atoms with van der Waals surface area (Å²) >= 11 is 0. The van der Waals surface area contributed by atoms with Gasteiger partial charge in [-0.3, -0.25) is 9.78 Å². The lowest BCUT2D eigenvalue weighted by atomic mass is 10.1. The molecule has 92 valence electrons. The monoisotopic (exact) mass is 243 g/mol. The highest BCUT2D eigenvalue weighted by atomic mass is 16.3. The fourth-order valence-electron chi connectivity index (χ4n) is 2.48. The van der Waals surface area contributed by atoms with Crippen molar-refractivity contribution in [2.45, 2.75) is 19.1 Å². The fourth-order valence-corrected chi connectivity index (χ4v) is 2.48. The molecule has 5 heteroatoms. The Labute approximate surface area is 104 Å². The van der Waals surface area contributed by atoms with E-state index >= 15 is 0 Å². The summed E-state index contributed by atoms with van der Waals surface area (Å²) in [7, 11) is 0. The molecule has 0 radical (unpaired) electrons. The predicted octanol–water partition coefficient (Wildman–Crippen LogP) is 0.566. The van der Waals surface area contributed by atoms with Crippen LogP contribution in [0.4, 0.5) is 0 Å². The predicted molar refractivity (Wildman–Crippen MR) is 65.9 cm³/mol. The number of aliphatic hydroxyl groups excluding tert-OH is 1. The number of fused-ring (bicyclic) bond motifs is 1. The van der Waals surface area contributed by atoms with Gasteiger partial charge in [0.1, 0.15) is 0 Å². The molecule has 1 aliphatic rings. The Balaban J connectivity index is 2.18. The molecule has 0 saturated carbocycles. The molecule has 1 aliphatic heterocycles. The van der Waals surface area contributed by atoms with Crippen LogP contribution in [0.3, 0.4) is 0 Å². The van der Waals surface area contributed by atoms with Crippen molar-refractivity contribution in [3.63, 3.8) is 0 Å². The van der Waals surface area contributed by atoms with E-state index in [1.54, 1.807) is 18.5 Å². The molecule has 0 bridgehead atoms. The van der Waals surface area contributed by atoms with E-state index in [1.807, 2.05) is 16.7 Å². The SMILES string of the molecule is NC(=O)c1cc(-c2cccnc2)n2c1CC(O)C2. The molecule has 5 nitrogen and oxygen atoms in total. The molecule has 3 rings (SSSR count). The van der Waals surface area contributed by atoms with Crippen LogP contribution >= 0.6 is 0 Å². The Morgan fingerprint density at radius 2 is 2.39 bits per heavy atom. The molecule has 0 spiro atoms. The Bertz CT molecular complexity index is 604. The van der Waals surface area contributed by atoms with Crippen LogP contribution in [0.1, 0.15) is 16.1 Å². The molecule has 0 fully saturated rings. The molecule has 0 aromatic carbocycles. The summed E-state index contributed by atoms with van der Waals surface area (Å²) in [5.74, 6) is -0.456. The smallest absolute Gasteiger partial charge is 0.250 e. The van der Waals surface area contributed by atoms with Crippen LogP contribution < -0.4 is 5.73 Å². The lowest BCUT2D eigenvalue weighted by Crippen LogP contribution is -2.13. The van der Waals surface area contributed by atoms with Gasteiger partial charge >= 0.3 is 0 Å². The number of nitrogens with zero attached hydrogens (tertiary/aromatic N) is 2. The highest BCUT2D eigenvalue weighted by Crippen LogP contribution is 2.30. The van der Waals surface area contributed by atoms with Crippen molar-refractivity contribution in [3.05, 3.63) is 41.9 Å². The summed E-state index contributed by atoms with van der Waals surface area (Å²) in [6, 6.07) is 5.54. The number of rotatable bonds is 2. The summed E-state index contributed by atoms with van der Waals surface area (Å²) in [5.41, 5.74) is 8.47. The first-order valence-electron chi connectivity index (χ1n) is 5.77. The van der Waals surface area contributed by atoms with Crippen molar-refractivity contribution in [3.8, 4) is 11.3 Å². The average Bonchev–Trinajstić information content (AvgIpc) is 2.87. The van der Waals surface area contributed by atoms with Crippen LogP contribution in [-0.4, -0.2) is 26.7 Å². The van der Waals surface area contributed by atoms with Crippen LogP contribution in [0.5, 0.6) is 0 Å². The Morgan fingerprint density at radius 1 is 1.56 bits per heavy atom. The van der Waals surface area contributed by atoms with Gasteiger partial charge in [-0.1, -0.05) is 0 Å². The third-order valence-corrected chi connectivity index (χ3v) is 3.25. The highest BCUT2D eigenvalue weighted by Gasteiger charge is 2.27. The molecule has 3 N–H and O–H groups in total. The van der Waals surface area contributed by atoms with Crippen molar-refractivity contribution < 1.29 is 9.90 Å². The van der Waals surface area contributed by atoms with Crippen molar-refractivity contribution in [2.24, 2.45) is 5.73 Å². The van der Waals surface area contributed by atoms with Crippen LogP contribution in [-0.2, 0) is 13.0 Å². The van der Waals surface area contributed by atoms with E-state index in [9.17, 15) is 9.90 Å². The van der Waals surface area contributed by atoms with Gasteiger partial charge in [0.2, 0.25) is 0 Å². The standard InChI is InChI=1S/C13H13N3O2/c14-13(18)10-5-11(8-2-1-3-15-6-8)16-7-9(17)4-12(10)16/h1-3,5-6,9,17H,4,7H2,(H2,14,18). The number of hydrogen-bond donors (Lipinski definition) is 2. The first-order valence-corrected chi connectivity index (χ1v) is 5.77. The maximum Gasteiger partial charge on any atom is 0.250 e. The third-order valence-electron chi connectivity index (χ3n) is 3.25. The van der Waals surface area contributed by atoms with E-state index in [0.717, 1.165) is 17.0 Å². The van der Waals surface area contributed by atoms with Crippen molar-refractivity contribution >= 4 is 5.91 Å². The summed E-state index contributed by atoms with van der Waals surface area (Å²) in [6.45, 7) is 0.493. The quantitative estimate of drug-likeness (QED) is 0.809. The van der Waals surface area contributed by atoms with Crippen LogP contribution in [0.25, 0.3) is 11.3 Å². The van der Waals surface area contributed by atoms with Gasteiger partial charge in [-0.25, -0.2) is 0 Å². The van der Waals surface area contributed by atoms with E-state index in [0.29, 0.717) is 18.5 Å². The Morgan fingerprint density at radius 3 is 3.06 bits per heavy atom. The van der Waals surface area contributed by atoms with Crippen molar-refractivity contribution in [1.82, 2.24) is 9.55 Å². The van der Waals surface area contributed by atoms with Gasteiger partial charge in [0.05, 0.1) is 17.4 Å². The summed E-state index contributed by atoms with van der Waals surface area (Å²) in [5, 5.41) is 9.73. The molecule has 1 atom stereocenters. The first-order chi connectivity index (χ1) is 8.66. The maximum absolute atomic E-state index is 11.4. The second-order valence-corrected chi connectivity index (χ2v) is 4.46. The van der Waals surface area contributed by atoms with Gasteiger partial charge in [-0.05, 0) is 18.2 Å². The van der Waals surface area contributed by atoms with Gasteiger partial charge < -0.3 is 15.4 Å². The normalized spacial score (nSPS) is 17.7. The molecule has 18 heavy (non-hydrogen) atoms. The molecule has 2 aromatic rings. The van der Waals surface area contributed by atoms with Gasteiger partial charge in [0.25, 0.3) is 5.91 Å². The minimum Gasteiger partial charge on any atom is -0.391 e. The Hall–Kier alpha value is -2.14. The van der Waals surface area contributed by atoms with Gasteiger partial charge in [0.15, 0.2) is 0 Å². The molecule has 1 amide bonds. The van der Waals surface area contributed by atoms with Crippen molar-refractivity contribution in [1.29, 1.82) is 0 Å². The second-order valence-electron chi connectivity index (χ2n) is 4.46. The van der Waals surface area contributed by atoms with E-state index in [1.165, 1.54) is 0 Å². The van der Waals surface area contributed by atoms with Gasteiger partial charge in [-0.2, -0.15) is 0 Å². The average molecular weight is 243 g/mol. The zero-order valence-corrected chi connectivity index (χ0v) is 9.71. The minimum atomic E-state index is -0.456. The number of hydrogen-bond acceptors (Lipinski definition) is 3. The lowest BCUT2D eigenvalue weighted by Gasteiger charge is -2.06. The number of primary amides is 1. The van der Waals surface area contributed by atoms with E-state index < -0.39 is 12.0 Å². The molecule has 1 unspecified atom stereocenters. The fraction of sp³-hybridized carbons (Fsp3) is 0.231. The topological polar surface area (TPSA) is 81.1 Å². The third kappa shape index (κ3) is 1.60. The zero-order valence-electron chi connectivity index (χ0n) is 9.71. The van der Waals surface area contributed by atoms with Crippen LogP contribution in [0, 0.1) is 0 Å². The molecular weight excluding hydrogens is 230 g/mol. The van der Waals surface area contributed by atoms with Crippen LogP contribution in [0.15, 0.2) is 30.6 Å². The summed E-state index contributed by atoms with van der Waals surface area (Å²) < 4.78 is 1.95. The Kier molecular flexibility index (Phi) is 2.41. The zero-order chi connectivity index (χ0) is 12.7. The van der Waals surface area contributed by atoms with Gasteiger partial charge in [0, 0.05) is 36.6 Å². The van der Waals surface area contributed by atoms with E-state index in [-0.39, 0.29) is 0 Å². The van der Waals surface area contributed by atoms with E-state index in [2.05, 4.69) is 4.98 Å². The second kappa shape index (κ2) is 3.96. The number of carbonyl (C=O) groups is 1. The largest absolute Gasteiger partial charge is 0.391 e. The molecule has 0 aliphatic carbocycles. The highest BCUT2D eigenvalue weighted by molar-refractivity contribution is 5.96. The van der Waals surface area contributed by atoms with Crippen LogP contribution in [0.2, 0.25) is 0 Å². The number of amides is 1. The number of pyridine rings is 1. The van der Waals surface area contributed by atoms with E-state index in [4.69, 9.17) is 5.73 Å². The lowest BCUT2D eigenvalue weighted by molar-refractivity contribution is 0.0999. The number of carbonyl (C=O) groups excluding carboxylic acids is 1. The maximum atomic E-state index is 11.4. The number of nitrogens with two attached hydrogens (primary N) is 1. The number of aromatic nitrogens is 2. The van der Waals surface area contributed by atoms with Crippen molar-refractivity contribution in [2.75, 3.05) is 0 Å². The summed E-state index contributed by atoms with van der Waals surface area (Å²) in [4.78, 5) is 15.5. The molecule has 2 aromatic heterocycles. The van der Waals surface area contributed by atoms with Gasteiger partial charge in [-0.15, -0.1) is 0 Å². The molecule has 0 saturated heterocycles. The molecule has 3 heterocycles. The summed E-state index contributed by atoms with van der Waals surface area (Å²) in [6.07, 6.45) is 3.45.